The first-order valence-electron chi connectivity index (χ1n) is 4.25. The van der Waals surface area contributed by atoms with Crippen LogP contribution in [-0.2, 0) is 10.0 Å². The Labute approximate surface area is 83.9 Å². The lowest BCUT2D eigenvalue weighted by Crippen LogP contribution is -2.45. The highest BCUT2D eigenvalue weighted by molar-refractivity contribution is 7.89. The number of sulfonamides is 1. The van der Waals surface area contributed by atoms with Gasteiger partial charge < -0.3 is 5.73 Å². The van der Waals surface area contributed by atoms with Crippen molar-refractivity contribution < 1.29 is 8.42 Å². The Morgan fingerprint density at radius 3 is 2.54 bits per heavy atom. The van der Waals surface area contributed by atoms with Gasteiger partial charge in [-0.1, -0.05) is 12.2 Å². The molecule has 0 aromatic heterocycles. The Balaban J connectivity index is 2.62. The topological polar surface area (TPSA) is 72.2 Å². The molecule has 1 atom stereocenters. The van der Waals surface area contributed by atoms with Gasteiger partial charge in [-0.05, 0) is 25.7 Å². The number of rotatable bonds is 5. The Morgan fingerprint density at radius 2 is 2.23 bits per heavy atom. The quantitative estimate of drug-likeness (QED) is 0.642. The molecule has 1 rings (SSSR count). The smallest absolute Gasteiger partial charge is 0.211 e. The number of thiocarbonyl (C=S) groups is 1. The minimum atomic E-state index is -3.19. The average Bonchev–Trinajstić information content (AvgIpc) is 2.82. The maximum absolute atomic E-state index is 11.2. The molecule has 3 N–H and O–H groups in total. The van der Waals surface area contributed by atoms with Gasteiger partial charge in [0.15, 0.2) is 0 Å². The summed E-state index contributed by atoms with van der Waals surface area (Å²) >= 11 is 4.80. The van der Waals surface area contributed by atoms with Crippen molar-refractivity contribution in [2.45, 2.75) is 25.8 Å². The van der Waals surface area contributed by atoms with Crippen LogP contribution in [0.15, 0.2) is 0 Å². The summed E-state index contributed by atoms with van der Waals surface area (Å²) in [4.78, 5) is 0.250. The molecule has 0 spiro atoms. The van der Waals surface area contributed by atoms with Crippen molar-refractivity contribution in [3.63, 3.8) is 0 Å². The van der Waals surface area contributed by atoms with E-state index in [0.29, 0.717) is 5.92 Å². The van der Waals surface area contributed by atoms with Gasteiger partial charge in [-0.3, -0.25) is 0 Å². The van der Waals surface area contributed by atoms with Crippen molar-refractivity contribution in [2.75, 3.05) is 5.75 Å². The lowest BCUT2D eigenvalue weighted by atomic mass is 10.2. The van der Waals surface area contributed by atoms with Crippen molar-refractivity contribution in [1.82, 2.24) is 4.72 Å². The van der Waals surface area contributed by atoms with E-state index in [1.165, 1.54) is 0 Å². The predicted octanol–water partition coefficient (Wildman–Crippen LogP) is -0.00960. The summed E-state index contributed by atoms with van der Waals surface area (Å²) < 4.78 is 25.0. The van der Waals surface area contributed by atoms with E-state index >= 15 is 0 Å². The van der Waals surface area contributed by atoms with E-state index in [4.69, 9.17) is 18.0 Å². The van der Waals surface area contributed by atoms with Crippen LogP contribution in [0.2, 0.25) is 0 Å². The summed E-state index contributed by atoms with van der Waals surface area (Å²) in [6.07, 6.45) is 2.02. The molecule has 1 aliphatic carbocycles. The van der Waals surface area contributed by atoms with Crippen LogP contribution in [0.3, 0.4) is 0 Å². The summed E-state index contributed by atoms with van der Waals surface area (Å²) in [6, 6.07) is -0.333. The minimum Gasteiger partial charge on any atom is -0.392 e. The summed E-state index contributed by atoms with van der Waals surface area (Å²) in [7, 11) is -3.19. The summed E-state index contributed by atoms with van der Waals surface area (Å²) in [5, 5.41) is 0. The molecular formula is C7H14N2O2S2. The van der Waals surface area contributed by atoms with Crippen LogP contribution >= 0.6 is 12.2 Å². The Morgan fingerprint density at radius 1 is 1.69 bits per heavy atom. The van der Waals surface area contributed by atoms with Crippen LogP contribution in [0, 0.1) is 5.92 Å². The molecule has 0 amide bonds. The van der Waals surface area contributed by atoms with E-state index in [2.05, 4.69) is 4.72 Å². The second-order valence-corrected chi connectivity index (χ2v) is 5.75. The van der Waals surface area contributed by atoms with Gasteiger partial charge in [-0.15, -0.1) is 0 Å². The lowest BCUT2D eigenvalue weighted by Gasteiger charge is -2.15. The van der Waals surface area contributed by atoms with Gasteiger partial charge in [-0.25, -0.2) is 13.1 Å². The molecule has 0 bridgehead atoms. The van der Waals surface area contributed by atoms with Crippen LogP contribution in [0.1, 0.15) is 19.8 Å². The standard InChI is InChI=1S/C7H14N2O2S2/c1-2-13(10,11)9-6(7(8)12)5-3-4-5/h5-6,9H,2-4H2,1H3,(H2,8,12). The molecule has 0 heterocycles. The van der Waals surface area contributed by atoms with Gasteiger partial charge in [0, 0.05) is 0 Å². The van der Waals surface area contributed by atoms with Crippen LogP contribution in [0.5, 0.6) is 0 Å². The van der Waals surface area contributed by atoms with Crippen LogP contribution in [-0.4, -0.2) is 25.2 Å². The summed E-state index contributed by atoms with van der Waals surface area (Å²) in [5.74, 6) is 0.387. The van der Waals surface area contributed by atoms with Gasteiger partial charge in [0.2, 0.25) is 10.0 Å². The molecule has 0 aromatic rings. The van der Waals surface area contributed by atoms with E-state index in [9.17, 15) is 8.42 Å². The fourth-order valence-electron chi connectivity index (χ4n) is 1.09. The number of nitrogens with two attached hydrogens (primary N) is 1. The molecule has 1 unspecified atom stereocenters. The van der Waals surface area contributed by atoms with Crippen molar-refractivity contribution in [1.29, 1.82) is 0 Å². The highest BCUT2D eigenvalue weighted by atomic mass is 32.2. The molecule has 0 aliphatic heterocycles. The summed E-state index contributed by atoms with van der Waals surface area (Å²) in [6.45, 7) is 1.59. The molecular weight excluding hydrogens is 208 g/mol. The molecule has 0 radical (unpaired) electrons. The number of hydrogen-bond acceptors (Lipinski definition) is 3. The third-order valence-corrected chi connectivity index (χ3v) is 3.71. The zero-order valence-electron chi connectivity index (χ0n) is 7.49. The maximum Gasteiger partial charge on any atom is 0.211 e. The van der Waals surface area contributed by atoms with E-state index < -0.39 is 10.0 Å². The first kappa shape index (κ1) is 10.9. The number of hydrogen-bond donors (Lipinski definition) is 2. The zero-order valence-corrected chi connectivity index (χ0v) is 9.12. The minimum absolute atomic E-state index is 0.0683. The van der Waals surface area contributed by atoms with Crippen molar-refractivity contribution >= 4 is 27.2 Å². The molecule has 6 heteroatoms. The van der Waals surface area contributed by atoms with Crippen molar-refractivity contribution in [2.24, 2.45) is 11.7 Å². The Hall–Kier alpha value is -0.200. The van der Waals surface area contributed by atoms with Crippen LogP contribution in [0.4, 0.5) is 0 Å². The van der Waals surface area contributed by atoms with Gasteiger partial charge in [-0.2, -0.15) is 0 Å². The largest absolute Gasteiger partial charge is 0.392 e. The van der Waals surface area contributed by atoms with E-state index in [0.717, 1.165) is 12.8 Å². The molecule has 1 fully saturated rings. The zero-order chi connectivity index (χ0) is 10.1. The van der Waals surface area contributed by atoms with E-state index in [-0.39, 0.29) is 16.8 Å². The molecule has 13 heavy (non-hydrogen) atoms. The molecule has 76 valence electrons. The van der Waals surface area contributed by atoms with Crippen molar-refractivity contribution in [3.8, 4) is 0 Å². The van der Waals surface area contributed by atoms with E-state index in [1.54, 1.807) is 6.92 Å². The Bertz CT molecular complexity index is 296. The third-order valence-electron chi connectivity index (χ3n) is 2.09. The van der Waals surface area contributed by atoms with Gasteiger partial charge in [0.1, 0.15) is 0 Å². The maximum atomic E-state index is 11.2. The highest BCUT2D eigenvalue weighted by Gasteiger charge is 2.35. The number of nitrogens with one attached hydrogen (secondary N) is 1. The second kappa shape index (κ2) is 3.89. The normalized spacial score (nSPS) is 19.8. The fraction of sp³-hybridized carbons (Fsp3) is 0.857. The van der Waals surface area contributed by atoms with Crippen molar-refractivity contribution in [3.05, 3.63) is 0 Å². The van der Waals surface area contributed by atoms with E-state index in [1.807, 2.05) is 0 Å². The Kier molecular flexibility index (Phi) is 3.26. The molecule has 4 nitrogen and oxygen atoms in total. The van der Waals surface area contributed by atoms with Gasteiger partial charge in [0.25, 0.3) is 0 Å². The third kappa shape index (κ3) is 3.21. The SMILES string of the molecule is CCS(=O)(=O)NC(C(N)=S)C1CC1. The van der Waals surface area contributed by atoms with Gasteiger partial charge >= 0.3 is 0 Å². The van der Waals surface area contributed by atoms with Crippen LogP contribution < -0.4 is 10.5 Å². The molecule has 1 aliphatic rings. The highest BCUT2D eigenvalue weighted by Crippen LogP contribution is 2.33. The molecule has 0 aromatic carbocycles. The van der Waals surface area contributed by atoms with Gasteiger partial charge in [0.05, 0.1) is 16.8 Å². The summed E-state index contributed by atoms with van der Waals surface area (Å²) in [5.41, 5.74) is 5.44. The predicted molar refractivity (Wildman–Crippen MR) is 55.9 cm³/mol. The molecule has 1 saturated carbocycles. The first-order chi connectivity index (χ1) is 5.96. The second-order valence-electron chi connectivity index (χ2n) is 3.24. The van der Waals surface area contributed by atoms with Crippen LogP contribution in [0.25, 0.3) is 0 Å². The monoisotopic (exact) mass is 222 g/mol. The first-order valence-corrected chi connectivity index (χ1v) is 6.31. The lowest BCUT2D eigenvalue weighted by molar-refractivity contribution is 0.566. The average molecular weight is 222 g/mol. The molecule has 0 saturated heterocycles. The fourth-order valence-corrected chi connectivity index (χ4v) is 2.29.